The summed E-state index contributed by atoms with van der Waals surface area (Å²) in [4.78, 5) is 0. The number of aliphatic hydroxyl groups is 1. The van der Waals surface area contributed by atoms with Gasteiger partial charge >= 0.3 is 0 Å². The molecule has 0 aliphatic carbocycles. The second kappa shape index (κ2) is 6.59. The fourth-order valence-corrected chi connectivity index (χ4v) is 1.26. The summed E-state index contributed by atoms with van der Waals surface area (Å²) < 4.78 is 12.0. The highest BCUT2D eigenvalue weighted by atomic mass is 19.1. The number of halogens is 1. The molecule has 0 saturated heterocycles. The third kappa shape index (κ3) is 4.35. The fourth-order valence-electron chi connectivity index (χ4n) is 1.26. The first-order valence-corrected chi connectivity index (χ1v) is 4.50. The Labute approximate surface area is 68.6 Å². The van der Waals surface area contributed by atoms with Gasteiger partial charge in [0.05, 0.1) is 6.10 Å². The molecule has 1 N–H and O–H groups in total. The topological polar surface area (TPSA) is 20.2 Å². The van der Waals surface area contributed by atoms with Gasteiger partial charge in [-0.3, -0.25) is 0 Å². The van der Waals surface area contributed by atoms with Gasteiger partial charge < -0.3 is 5.11 Å². The van der Waals surface area contributed by atoms with Crippen LogP contribution in [-0.2, 0) is 0 Å². The molecule has 0 aromatic rings. The van der Waals surface area contributed by atoms with E-state index in [1.165, 1.54) is 0 Å². The van der Waals surface area contributed by atoms with Crippen LogP contribution in [0, 0.1) is 5.92 Å². The van der Waals surface area contributed by atoms with Gasteiger partial charge in [0.1, 0.15) is 6.67 Å². The summed E-state index contributed by atoms with van der Waals surface area (Å²) in [5.74, 6) is 0.167. The van der Waals surface area contributed by atoms with E-state index in [9.17, 15) is 4.39 Å². The number of unbranched alkanes of at least 4 members (excludes halogenated alkanes) is 1. The summed E-state index contributed by atoms with van der Waals surface area (Å²) in [6.45, 7) is 3.51. The lowest BCUT2D eigenvalue weighted by molar-refractivity contribution is 0.0732. The van der Waals surface area contributed by atoms with Crippen molar-refractivity contribution in [3.05, 3.63) is 0 Å². The molecule has 0 aliphatic rings. The summed E-state index contributed by atoms with van der Waals surface area (Å²) in [5, 5.41) is 9.17. The molecule has 0 aromatic carbocycles. The minimum atomic E-state index is -0.730. The highest BCUT2D eigenvalue weighted by Gasteiger charge is 2.15. The standard InChI is InChI=1S/C9H19FO/c1-3-5-6-8(4-2)9(11)7-10/h8-9,11H,3-7H2,1-2H3/t8?,9-/m1/s1. The van der Waals surface area contributed by atoms with Gasteiger partial charge in [0, 0.05) is 0 Å². The van der Waals surface area contributed by atoms with E-state index < -0.39 is 12.8 Å². The summed E-state index contributed by atoms with van der Waals surface area (Å²) in [6, 6.07) is 0. The largest absolute Gasteiger partial charge is 0.390 e. The van der Waals surface area contributed by atoms with Crippen LogP contribution in [0.15, 0.2) is 0 Å². The first-order valence-electron chi connectivity index (χ1n) is 4.50. The van der Waals surface area contributed by atoms with E-state index in [1.807, 2.05) is 6.92 Å². The second-order valence-electron chi connectivity index (χ2n) is 3.03. The molecule has 0 bridgehead atoms. The van der Waals surface area contributed by atoms with Crippen molar-refractivity contribution in [2.75, 3.05) is 6.67 Å². The second-order valence-corrected chi connectivity index (χ2v) is 3.03. The monoisotopic (exact) mass is 162 g/mol. The summed E-state index contributed by atoms with van der Waals surface area (Å²) in [6.07, 6.45) is 3.32. The van der Waals surface area contributed by atoms with Crippen LogP contribution in [-0.4, -0.2) is 17.9 Å². The molecule has 0 spiro atoms. The van der Waals surface area contributed by atoms with Crippen molar-refractivity contribution in [2.24, 2.45) is 5.92 Å². The molecule has 0 fully saturated rings. The van der Waals surface area contributed by atoms with Crippen LogP contribution in [0.2, 0.25) is 0 Å². The van der Waals surface area contributed by atoms with Crippen molar-refractivity contribution in [3.63, 3.8) is 0 Å². The first kappa shape index (κ1) is 10.9. The molecule has 0 aromatic heterocycles. The molecular formula is C9H19FO. The summed E-state index contributed by atoms with van der Waals surface area (Å²) in [7, 11) is 0. The van der Waals surface area contributed by atoms with Crippen LogP contribution in [0.3, 0.4) is 0 Å². The molecule has 2 atom stereocenters. The number of aliphatic hydroxyl groups excluding tert-OH is 1. The average molecular weight is 162 g/mol. The van der Waals surface area contributed by atoms with Gasteiger partial charge in [-0.2, -0.15) is 0 Å². The van der Waals surface area contributed by atoms with Crippen molar-refractivity contribution in [2.45, 2.75) is 45.6 Å². The normalized spacial score (nSPS) is 16.4. The van der Waals surface area contributed by atoms with Gasteiger partial charge in [0.25, 0.3) is 0 Å². The Kier molecular flexibility index (Phi) is 6.52. The van der Waals surface area contributed by atoms with E-state index in [2.05, 4.69) is 6.92 Å². The summed E-state index contributed by atoms with van der Waals surface area (Å²) >= 11 is 0. The van der Waals surface area contributed by atoms with Crippen molar-refractivity contribution in [1.29, 1.82) is 0 Å². The number of hydrogen-bond donors (Lipinski definition) is 1. The van der Waals surface area contributed by atoms with Crippen molar-refractivity contribution >= 4 is 0 Å². The summed E-state index contributed by atoms with van der Waals surface area (Å²) in [5.41, 5.74) is 0. The fraction of sp³-hybridized carbons (Fsp3) is 1.00. The van der Waals surface area contributed by atoms with Crippen LogP contribution >= 0.6 is 0 Å². The van der Waals surface area contributed by atoms with Crippen molar-refractivity contribution < 1.29 is 9.50 Å². The van der Waals surface area contributed by atoms with Crippen LogP contribution < -0.4 is 0 Å². The third-order valence-electron chi connectivity index (χ3n) is 2.16. The van der Waals surface area contributed by atoms with Crippen molar-refractivity contribution in [1.82, 2.24) is 0 Å². The molecule has 0 amide bonds. The van der Waals surface area contributed by atoms with E-state index in [0.29, 0.717) is 0 Å². The zero-order valence-corrected chi connectivity index (χ0v) is 7.52. The Balaban J connectivity index is 3.56. The predicted molar refractivity (Wildman–Crippen MR) is 45.3 cm³/mol. The zero-order chi connectivity index (χ0) is 8.69. The molecule has 0 radical (unpaired) electrons. The molecule has 11 heavy (non-hydrogen) atoms. The van der Waals surface area contributed by atoms with Gasteiger partial charge in [0.2, 0.25) is 0 Å². The van der Waals surface area contributed by atoms with Gasteiger partial charge in [-0.1, -0.05) is 33.1 Å². The average Bonchev–Trinajstić information content (AvgIpc) is 2.05. The van der Waals surface area contributed by atoms with E-state index in [1.54, 1.807) is 0 Å². The molecular weight excluding hydrogens is 143 g/mol. The Hall–Kier alpha value is -0.110. The lowest BCUT2D eigenvalue weighted by Crippen LogP contribution is -2.21. The smallest absolute Gasteiger partial charge is 0.116 e. The van der Waals surface area contributed by atoms with Crippen LogP contribution in [0.4, 0.5) is 4.39 Å². The molecule has 0 saturated carbocycles. The zero-order valence-electron chi connectivity index (χ0n) is 7.52. The van der Waals surface area contributed by atoms with E-state index in [4.69, 9.17) is 5.11 Å². The molecule has 2 heteroatoms. The van der Waals surface area contributed by atoms with Crippen molar-refractivity contribution in [3.8, 4) is 0 Å². The van der Waals surface area contributed by atoms with E-state index in [-0.39, 0.29) is 5.92 Å². The molecule has 1 unspecified atom stereocenters. The highest BCUT2D eigenvalue weighted by molar-refractivity contribution is 4.66. The highest BCUT2D eigenvalue weighted by Crippen LogP contribution is 2.16. The number of rotatable bonds is 6. The molecule has 68 valence electrons. The Morgan fingerprint density at radius 1 is 1.36 bits per heavy atom. The van der Waals surface area contributed by atoms with Crippen LogP contribution in [0.25, 0.3) is 0 Å². The molecule has 0 aliphatic heterocycles. The molecule has 0 rings (SSSR count). The van der Waals surface area contributed by atoms with Gasteiger partial charge in [-0.25, -0.2) is 4.39 Å². The maximum Gasteiger partial charge on any atom is 0.116 e. The third-order valence-corrected chi connectivity index (χ3v) is 2.16. The number of alkyl halides is 1. The SMILES string of the molecule is CCCCC(CC)[C@H](O)CF. The van der Waals surface area contributed by atoms with Gasteiger partial charge in [0.15, 0.2) is 0 Å². The van der Waals surface area contributed by atoms with E-state index >= 15 is 0 Å². The van der Waals surface area contributed by atoms with E-state index in [0.717, 1.165) is 25.7 Å². The maximum absolute atomic E-state index is 12.0. The predicted octanol–water partition coefficient (Wildman–Crippen LogP) is 2.53. The Bertz CT molecular complexity index is 85.6. The van der Waals surface area contributed by atoms with Gasteiger partial charge in [-0.05, 0) is 12.3 Å². The minimum absolute atomic E-state index is 0.167. The van der Waals surface area contributed by atoms with Gasteiger partial charge in [-0.15, -0.1) is 0 Å². The minimum Gasteiger partial charge on any atom is -0.390 e. The van der Waals surface area contributed by atoms with Crippen LogP contribution in [0.1, 0.15) is 39.5 Å². The quantitative estimate of drug-likeness (QED) is 0.636. The lowest BCUT2D eigenvalue weighted by atomic mass is 9.94. The van der Waals surface area contributed by atoms with Crippen LogP contribution in [0.5, 0.6) is 0 Å². The molecule has 1 nitrogen and oxygen atoms in total. The number of hydrogen-bond acceptors (Lipinski definition) is 1. The molecule has 0 heterocycles. The first-order chi connectivity index (χ1) is 5.26. The Morgan fingerprint density at radius 3 is 2.36 bits per heavy atom. The Morgan fingerprint density at radius 2 is 2.00 bits per heavy atom. The maximum atomic E-state index is 12.0. The lowest BCUT2D eigenvalue weighted by Gasteiger charge is -2.18.